The van der Waals surface area contributed by atoms with Crippen molar-refractivity contribution in [2.45, 2.75) is 26.1 Å². The molecule has 0 aliphatic rings. The first kappa shape index (κ1) is 16.0. The molecule has 0 aliphatic heterocycles. The van der Waals surface area contributed by atoms with E-state index in [0.29, 0.717) is 13.1 Å². The van der Waals surface area contributed by atoms with E-state index >= 15 is 0 Å². The maximum absolute atomic E-state index is 13.4. The molecule has 0 amide bonds. The lowest BCUT2D eigenvalue weighted by atomic mass is 10.0. The van der Waals surface area contributed by atoms with Gasteiger partial charge in [0, 0.05) is 24.2 Å². The van der Waals surface area contributed by atoms with E-state index in [9.17, 15) is 4.39 Å². The van der Waals surface area contributed by atoms with E-state index in [4.69, 9.17) is 17.3 Å². The van der Waals surface area contributed by atoms with Gasteiger partial charge in [0.1, 0.15) is 5.82 Å². The molecule has 0 saturated carbocycles. The molecule has 2 N–H and O–H groups in total. The molecule has 2 aromatic rings. The quantitative estimate of drug-likeness (QED) is 0.900. The molecule has 0 aromatic heterocycles. The zero-order valence-electron chi connectivity index (χ0n) is 12.3. The molecular formula is C17H20ClFN2. The molecule has 0 heterocycles. The summed E-state index contributed by atoms with van der Waals surface area (Å²) in [6.07, 6.45) is 0. The Morgan fingerprint density at radius 3 is 2.62 bits per heavy atom. The Hall–Kier alpha value is -1.42. The topological polar surface area (TPSA) is 29.3 Å². The molecule has 0 spiro atoms. The minimum Gasteiger partial charge on any atom is -0.326 e. The molecule has 112 valence electrons. The second-order valence-corrected chi connectivity index (χ2v) is 5.70. The highest BCUT2D eigenvalue weighted by Crippen LogP contribution is 2.24. The van der Waals surface area contributed by atoms with Crippen LogP contribution in [0, 0.1) is 5.82 Å². The van der Waals surface area contributed by atoms with E-state index in [-0.39, 0.29) is 11.9 Å². The Kier molecular flexibility index (Phi) is 5.34. The third-order valence-electron chi connectivity index (χ3n) is 3.80. The van der Waals surface area contributed by atoms with Gasteiger partial charge in [-0.3, -0.25) is 4.90 Å². The van der Waals surface area contributed by atoms with Crippen molar-refractivity contribution in [3.63, 3.8) is 0 Å². The first-order valence-corrected chi connectivity index (χ1v) is 7.32. The number of hydrogen-bond acceptors (Lipinski definition) is 2. The highest BCUT2D eigenvalue weighted by molar-refractivity contribution is 6.30. The molecule has 1 unspecified atom stereocenters. The predicted molar refractivity (Wildman–Crippen MR) is 85.6 cm³/mol. The standard InChI is InChI=1S/C17H20ClFN2/c1-12(13-4-3-5-16(18)8-13)21(2)11-15-9-17(19)7-6-14(15)10-20/h3-9,12H,10-11,20H2,1-2H3. The summed E-state index contributed by atoms with van der Waals surface area (Å²) in [4.78, 5) is 2.15. The van der Waals surface area contributed by atoms with Crippen molar-refractivity contribution >= 4 is 11.6 Å². The molecule has 21 heavy (non-hydrogen) atoms. The van der Waals surface area contributed by atoms with Crippen LogP contribution in [-0.4, -0.2) is 11.9 Å². The summed E-state index contributed by atoms with van der Waals surface area (Å²) >= 11 is 6.04. The number of benzene rings is 2. The second kappa shape index (κ2) is 7.03. The van der Waals surface area contributed by atoms with Crippen molar-refractivity contribution in [2.75, 3.05) is 7.05 Å². The highest BCUT2D eigenvalue weighted by Gasteiger charge is 2.14. The number of rotatable bonds is 5. The zero-order chi connectivity index (χ0) is 15.4. The van der Waals surface area contributed by atoms with Gasteiger partial charge < -0.3 is 5.73 Å². The summed E-state index contributed by atoms with van der Waals surface area (Å²) < 4.78 is 13.4. The average Bonchev–Trinajstić information content (AvgIpc) is 2.46. The summed E-state index contributed by atoms with van der Waals surface area (Å²) in [5.41, 5.74) is 8.76. The fourth-order valence-corrected chi connectivity index (χ4v) is 2.57. The van der Waals surface area contributed by atoms with Crippen LogP contribution in [0.4, 0.5) is 4.39 Å². The zero-order valence-corrected chi connectivity index (χ0v) is 13.1. The SMILES string of the molecule is CC(c1cccc(Cl)c1)N(C)Cc1cc(F)ccc1CN. The molecule has 0 radical (unpaired) electrons. The van der Waals surface area contributed by atoms with E-state index < -0.39 is 0 Å². The maximum Gasteiger partial charge on any atom is 0.123 e. The lowest BCUT2D eigenvalue weighted by molar-refractivity contribution is 0.252. The van der Waals surface area contributed by atoms with E-state index in [0.717, 1.165) is 21.7 Å². The minimum atomic E-state index is -0.231. The van der Waals surface area contributed by atoms with Gasteiger partial charge in [-0.2, -0.15) is 0 Å². The molecule has 2 aromatic carbocycles. The summed E-state index contributed by atoms with van der Waals surface area (Å²) in [6.45, 7) is 3.15. The van der Waals surface area contributed by atoms with Gasteiger partial charge in [0.15, 0.2) is 0 Å². The van der Waals surface area contributed by atoms with Gasteiger partial charge in [-0.15, -0.1) is 0 Å². The van der Waals surface area contributed by atoms with Gasteiger partial charge in [-0.05, 0) is 54.9 Å². The molecular weight excluding hydrogens is 287 g/mol. The molecule has 0 saturated heterocycles. The molecule has 2 rings (SSSR count). The molecule has 0 fully saturated rings. The average molecular weight is 307 g/mol. The smallest absolute Gasteiger partial charge is 0.123 e. The van der Waals surface area contributed by atoms with E-state index in [1.54, 1.807) is 12.1 Å². The van der Waals surface area contributed by atoms with Gasteiger partial charge in [0.05, 0.1) is 0 Å². The fourth-order valence-electron chi connectivity index (χ4n) is 2.37. The molecule has 4 heteroatoms. The van der Waals surface area contributed by atoms with Gasteiger partial charge in [-0.25, -0.2) is 4.39 Å². The van der Waals surface area contributed by atoms with Crippen LogP contribution in [0.3, 0.4) is 0 Å². The molecule has 1 atom stereocenters. The Morgan fingerprint density at radius 1 is 1.19 bits per heavy atom. The maximum atomic E-state index is 13.4. The summed E-state index contributed by atoms with van der Waals surface area (Å²) in [6, 6.07) is 12.7. The lowest BCUT2D eigenvalue weighted by Gasteiger charge is -2.26. The monoisotopic (exact) mass is 306 g/mol. The van der Waals surface area contributed by atoms with Crippen LogP contribution in [0.25, 0.3) is 0 Å². The van der Waals surface area contributed by atoms with E-state index in [1.807, 2.05) is 31.3 Å². The lowest BCUT2D eigenvalue weighted by Crippen LogP contribution is -2.23. The van der Waals surface area contributed by atoms with Crippen LogP contribution in [0.2, 0.25) is 5.02 Å². The number of nitrogens with zero attached hydrogens (tertiary/aromatic N) is 1. The Labute approximate surface area is 130 Å². The molecule has 0 aliphatic carbocycles. The van der Waals surface area contributed by atoms with Crippen LogP contribution in [0.5, 0.6) is 0 Å². The van der Waals surface area contributed by atoms with Crippen molar-refractivity contribution < 1.29 is 4.39 Å². The second-order valence-electron chi connectivity index (χ2n) is 5.26. The summed E-state index contributed by atoms with van der Waals surface area (Å²) in [5, 5.41) is 0.723. The van der Waals surface area contributed by atoms with Crippen molar-refractivity contribution in [2.24, 2.45) is 5.73 Å². The van der Waals surface area contributed by atoms with Gasteiger partial charge in [0.2, 0.25) is 0 Å². The third-order valence-corrected chi connectivity index (χ3v) is 4.04. The van der Waals surface area contributed by atoms with Crippen molar-refractivity contribution in [1.82, 2.24) is 4.90 Å². The van der Waals surface area contributed by atoms with Crippen molar-refractivity contribution in [1.29, 1.82) is 0 Å². The number of nitrogens with two attached hydrogens (primary N) is 1. The Balaban J connectivity index is 2.17. The van der Waals surface area contributed by atoms with Gasteiger partial charge in [-0.1, -0.05) is 29.8 Å². The Morgan fingerprint density at radius 2 is 1.95 bits per heavy atom. The van der Waals surface area contributed by atoms with Crippen LogP contribution >= 0.6 is 11.6 Å². The summed E-state index contributed by atoms with van der Waals surface area (Å²) in [7, 11) is 2.01. The van der Waals surface area contributed by atoms with Crippen molar-refractivity contribution in [3.05, 3.63) is 70.0 Å². The van der Waals surface area contributed by atoms with Crippen molar-refractivity contribution in [3.8, 4) is 0 Å². The predicted octanol–water partition coefficient (Wildman–Crippen LogP) is 4.13. The Bertz CT molecular complexity index is 615. The molecule has 2 nitrogen and oxygen atoms in total. The first-order chi connectivity index (χ1) is 10.0. The fraction of sp³-hybridized carbons (Fsp3) is 0.294. The summed E-state index contributed by atoms with van der Waals surface area (Å²) in [5.74, 6) is -0.231. The van der Waals surface area contributed by atoms with Gasteiger partial charge >= 0.3 is 0 Å². The van der Waals surface area contributed by atoms with Crippen LogP contribution in [-0.2, 0) is 13.1 Å². The van der Waals surface area contributed by atoms with Gasteiger partial charge in [0.25, 0.3) is 0 Å². The van der Waals surface area contributed by atoms with Crippen LogP contribution < -0.4 is 5.73 Å². The van der Waals surface area contributed by atoms with E-state index in [1.165, 1.54) is 6.07 Å². The van der Waals surface area contributed by atoms with E-state index in [2.05, 4.69) is 11.8 Å². The normalized spacial score (nSPS) is 12.7. The first-order valence-electron chi connectivity index (χ1n) is 6.94. The third kappa shape index (κ3) is 4.03. The minimum absolute atomic E-state index is 0.178. The van der Waals surface area contributed by atoms with Crippen LogP contribution in [0.15, 0.2) is 42.5 Å². The largest absolute Gasteiger partial charge is 0.326 e. The number of halogens is 2. The molecule has 0 bridgehead atoms. The van der Waals surface area contributed by atoms with Crippen LogP contribution in [0.1, 0.15) is 29.7 Å². The number of hydrogen-bond donors (Lipinski definition) is 1. The highest BCUT2D eigenvalue weighted by atomic mass is 35.5.